The number of carboxylic acid groups (broad SMARTS) is 1. The van der Waals surface area contributed by atoms with E-state index in [0.29, 0.717) is 17.9 Å². The average molecular weight is 232 g/mol. The van der Waals surface area contributed by atoms with E-state index in [0.717, 1.165) is 13.0 Å². The van der Waals surface area contributed by atoms with Gasteiger partial charge in [0.2, 0.25) is 0 Å². The van der Waals surface area contributed by atoms with Crippen molar-refractivity contribution in [1.29, 1.82) is 5.26 Å². The van der Waals surface area contributed by atoms with Crippen molar-refractivity contribution < 1.29 is 9.90 Å². The number of nitriles is 1. The predicted molar refractivity (Wildman–Crippen MR) is 59.3 cm³/mol. The molecule has 0 radical (unpaired) electrons. The number of hydrogen-bond donors (Lipinski definition) is 1. The largest absolute Gasteiger partial charge is 0.481 e. The van der Waals surface area contributed by atoms with Crippen molar-refractivity contribution in [3.63, 3.8) is 0 Å². The van der Waals surface area contributed by atoms with Crippen LogP contribution < -0.4 is 4.90 Å². The summed E-state index contributed by atoms with van der Waals surface area (Å²) in [5.74, 6) is -0.0968. The minimum atomic E-state index is -0.781. The lowest BCUT2D eigenvalue weighted by Crippen LogP contribution is -2.22. The van der Waals surface area contributed by atoms with Gasteiger partial charge < -0.3 is 10.0 Å². The number of hydrogen-bond acceptors (Lipinski definition) is 5. The summed E-state index contributed by atoms with van der Waals surface area (Å²) in [6, 6.07) is 3.69. The zero-order valence-corrected chi connectivity index (χ0v) is 9.20. The van der Waals surface area contributed by atoms with E-state index in [4.69, 9.17) is 10.4 Å². The Hall–Kier alpha value is -2.16. The van der Waals surface area contributed by atoms with Crippen LogP contribution in [0.2, 0.25) is 0 Å². The number of carboxylic acids is 1. The van der Waals surface area contributed by atoms with Crippen molar-refractivity contribution in [3.8, 4) is 6.07 Å². The molecule has 1 aliphatic rings. The first-order valence-electron chi connectivity index (χ1n) is 5.39. The highest BCUT2D eigenvalue weighted by atomic mass is 16.4. The van der Waals surface area contributed by atoms with E-state index in [9.17, 15) is 4.79 Å². The van der Waals surface area contributed by atoms with Gasteiger partial charge in [0, 0.05) is 19.5 Å². The first kappa shape index (κ1) is 11.3. The lowest BCUT2D eigenvalue weighted by Gasteiger charge is -2.17. The summed E-state index contributed by atoms with van der Waals surface area (Å²) in [5.41, 5.74) is 0.482. The first-order chi connectivity index (χ1) is 8.20. The van der Waals surface area contributed by atoms with Gasteiger partial charge in [0.1, 0.15) is 6.07 Å². The summed E-state index contributed by atoms with van der Waals surface area (Å²) in [7, 11) is 0. The van der Waals surface area contributed by atoms with E-state index in [2.05, 4.69) is 16.3 Å². The highest BCUT2D eigenvalue weighted by Gasteiger charge is 2.26. The molecule has 6 nitrogen and oxygen atoms in total. The molecule has 0 aromatic carbocycles. The third kappa shape index (κ3) is 2.50. The lowest BCUT2D eigenvalue weighted by atomic mass is 10.1. The molecule has 1 atom stereocenters. The topological polar surface area (TPSA) is 90.1 Å². The molecule has 1 N–H and O–H groups in total. The van der Waals surface area contributed by atoms with E-state index < -0.39 is 5.97 Å². The van der Waals surface area contributed by atoms with Gasteiger partial charge in [-0.15, -0.1) is 5.10 Å². The number of nitrogens with zero attached hydrogens (tertiary/aromatic N) is 4. The van der Waals surface area contributed by atoms with Gasteiger partial charge in [-0.05, 0) is 18.4 Å². The van der Waals surface area contributed by atoms with Gasteiger partial charge in [-0.25, -0.2) is 0 Å². The fourth-order valence-electron chi connectivity index (χ4n) is 2.08. The second-order valence-corrected chi connectivity index (χ2v) is 4.08. The van der Waals surface area contributed by atoms with E-state index >= 15 is 0 Å². The summed E-state index contributed by atoms with van der Waals surface area (Å²) < 4.78 is 0. The molecule has 0 amide bonds. The number of aromatic nitrogens is 2. The third-order valence-corrected chi connectivity index (χ3v) is 2.87. The summed E-state index contributed by atoms with van der Waals surface area (Å²) in [5, 5.41) is 25.4. The minimum Gasteiger partial charge on any atom is -0.481 e. The Morgan fingerprint density at radius 2 is 2.53 bits per heavy atom. The molecule has 1 saturated heterocycles. The van der Waals surface area contributed by atoms with Crippen LogP contribution in [0.3, 0.4) is 0 Å². The van der Waals surface area contributed by atoms with Gasteiger partial charge in [-0.3, -0.25) is 4.79 Å². The van der Waals surface area contributed by atoms with Gasteiger partial charge in [0.25, 0.3) is 0 Å². The van der Waals surface area contributed by atoms with Crippen LogP contribution in [-0.4, -0.2) is 34.4 Å². The average Bonchev–Trinajstić information content (AvgIpc) is 2.76. The SMILES string of the molecule is N#Cc1ccnnc1N1CCC(CC(=O)O)C1. The summed E-state index contributed by atoms with van der Waals surface area (Å²) >= 11 is 0. The molecule has 0 saturated carbocycles. The van der Waals surface area contributed by atoms with Crippen LogP contribution in [0.5, 0.6) is 0 Å². The van der Waals surface area contributed by atoms with Crippen LogP contribution >= 0.6 is 0 Å². The number of aliphatic carboxylic acids is 1. The summed E-state index contributed by atoms with van der Waals surface area (Å²) in [6.45, 7) is 1.35. The summed E-state index contributed by atoms with van der Waals surface area (Å²) in [4.78, 5) is 12.6. The second-order valence-electron chi connectivity index (χ2n) is 4.08. The molecule has 1 aromatic rings. The Bertz CT molecular complexity index is 469. The molecule has 2 rings (SSSR count). The van der Waals surface area contributed by atoms with Crippen molar-refractivity contribution >= 4 is 11.8 Å². The fourth-order valence-corrected chi connectivity index (χ4v) is 2.08. The Morgan fingerprint density at radius 3 is 3.24 bits per heavy atom. The molecule has 17 heavy (non-hydrogen) atoms. The molecule has 1 aliphatic heterocycles. The Morgan fingerprint density at radius 1 is 1.71 bits per heavy atom. The smallest absolute Gasteiger partial charge is 0.303 e. The molecule has 0 spiro atoms. The number of rotatable bonds is 3. The first-order valence-corrected chi connectivity index (χ1v) is 5.39. The van der Waals surface area contributed by atoms with Gasteiger partial charge in [0.05, 0.1) is 11.8 Å². The zero-order valence-electron chi connectivity index (χ0n) is 9.20. The second kappa shape index (κ2) is 4.78. The Kier molecular flexibility index (Phi) is 3.19. The third-order valence-electron chi connectivity index (χ3n) is 2.87. The fraction of sp³-hybridized carbons (Fsp3) is 0.455. The van der Waals surface area contributed by atoms with Crippen molar-refractivity contribution in [1.82, 2.24) is 10.2 Å². The molecule has 0 bridgehead atoms. The predicted octanol–water partition coefficient (Wildman–Crippen LogP) is 0.649. The van der Waals surface area contributed by atoms with E-state index in [1.165, 1.54) is 6.20 Å². The van der Waals surface area contributed by atoms with Crippen molar-refractivity contribution in [2.75, 3.05) is 18.0 Å². The standard InChI is InChI=1S/C11H12N4O2/c12-6-9-1-3-13-14-11(9)15-4-2-8(7-15)5-10(16)17/h1,3,8H,2,4-5,7H2,(H,16,17). The van der Waals surface area contributed by atoms with Gasteiger partial charge in [-0.2, -0.15) is 10.4 Å². The maximum absolute atomic E-state index is 10.6. The monoisotopic (exact) mass is 232 g/mol. The van der Waals surface area contributed by atoms with Crippen LogP contribution in [0.15, 0.2) is 12.3 Å². The van der Waals surface area contributed by atoms with Crippen LogP contribution in [0.4, 0.5) is 5.82 Å². The maximum Gasteiger partial charge on any atom is 0.303 e. The molecule has 6 heteroatoms. The van der Waals surface area contributed by atoms with Gasteiger partial charge in [0.15, 0.2) is 5.82 Å². The Labute approximate surface area is 98.5 Å². The molecular formula is C11H12N4O2. The van der Waals surface area contributed by atoms with E-state index in [1.54, 1.807) is 6.07 Å². The molecule has 1 unspecified atom stereocenters. The van der Waals surface area contributed by atoms with Crippen molar-refractivity contribution in [2.24, 2.45) is 5.92 Å². The highest BCUT2D eigenvalue weighted by Crippen LogP contribution is 2.25. The van der Waals surface area contributed by atoms with Gasteiger partial charge >= 0.3 is 5.97 Å². The van der Waals surface area contributed by atoms with Crippen molar-refractivity contribution in [3.05, 3.63) is 17.8 Å². The van der Waals surface area contributed by atoms with Gasteiger partial charge in [-0.1, -0.05) is 0 Å². The lowest BCUT2D eigenvalue weighted by molar-refractivity contribution is -0.137. The van der Waals surface area contributed by atoms with Crippen LogP contribution in [-0.2, 0) is 4.79 Å². The molecule has 2 heterocycles. The quantitative estimate of drug-likeness (QED) is 0.822. The number of anilines is 1. The molecular weight excluding hydrogens is 220 g/mol. The molecule has 1 aromatic heterocycles. The minimum absolute atomic E-state index is 0.126. The molecule has 88 valence electrons. The Balaban J connectivity index is 2.10. The normalized spacial score (nSPS) is 19.0. The van der Waals surface area contributed by atoms with E-state index in [1.807, 2.05) is 4.90 Å². The van der Waals surface area contributed by atoms with Crippen LogP contribution in [0.1, 0.15) is 18.4 Å². The zero-order chi connectivity index (χ0) is 12.3. The van der Waals surface area contributed by atoms with E-state index in [-0.39, 0.29) is 12.3 Å². The van der Waals surface area contributed by atoms with Crippen LogP contribution in [0.25, 0.3) is 0 Å². The maximum atomic E-state index is 10.6. The van der Waals surface area contributed by atoms with Crippen LogP contribution in [0, 0.1) is 17.2 Å². The van der Waals surface area contributed by atoms with Crippen molar-refractivity contribution in [2.45, 2.75) is 12.8 Å². The number of carbonyl (C=O) groups is 1. The highest BCUT2D eigenvalue weighted by molar-refractivity contribution is 5.67. The summed E-state index contributed by atoms with van der Waals surface area (Å²) in [6.07, 6.45) is 2.46. The molecule has 1 fully saturated rings. The molecule has 0 aliphatic carbocycles.